The third kappa shape index (κ3) is 6.79. The zero-order chi connectivity index (χ0) is 15.5. The highest BCUT2D eigenvalue weighted by Crippen LogP contribution is 2.15. The zero-order valence-electron chi connectivity index (χ0n) is 11.5. The van der Waals surface area contributed by atoms with Gasteiger partial charge in [-0.2, -0.15) is 0 Å². The minimum atomic E-state index is -1.25. The number of carboxylic acids is 1. The summed E-state index contributed by atoms with van der Waals surface area (Å²) in [6.07, 6.45) is 1.92. The lowest BCUT2D eigenvalue weighted by Crippen LogP contribution is -2.14. The van der Waals surface area contributed by atoms with Crippen molar-refractivity contribution < 1.29 is 24.6 Å². The lowest BCUT2D eigenvalue weighted by Gasteiger charge is -2.00. The molecule has 0 bridgehead atoms. The summed E-state index contributed by atoms with van der Waals surface area (Å²) in [7, 11) is 0. The number of carboxylic acid groups (broad SMARTS) is 1. The van der Waals surface area contributed by atoms with Crippen LogP contribution in [0.25, 0.3) is 0 Å². The number of benzene rings is 1. The summed E-state index contributed by atoms with van der Waals surface area (Å²) in [6, 6.07) is 6.76. The van der Waals surface area contributed by atoms with Gasteiger partial charge in [0.1, 0.15) is 0 Å². The van der Waals surface area contributed by atoms with Gasteiger partial charge in [-0.1, -0.05) is 17.3 Å². The smallest absolute Gasteiger partial charge is 0.358 e. The van der Waals surface area contributed by atoms with Crippen LogP contribution in [0.2, 0.25) is 0 Å². The van der Waals surface area contributed by atoms with Crippen LogP contribution in [0.3, 0.4) is 0 Å². The summed E-state index contributed by atoms with van der Waals surface area (Å²) in [4.78, 5) is 21.4. The molecule has 1 rings (SSSR count). The SMILES string of the molecule is CCOC(C)=O.CSc1ccc(C(=NO)C(=O)O)cc1. The van der Waals surface area contributed by atoms with Crippen LogP contribution in [-0.4, -0.2) is 40.8 Å². The zero-order valence-corrected chi connectivity index (χ0v) is 12.3. The number of hydrogen-bond acceptors (Lipinski definition) is 6. The van der Waals surface area contributed by atoms with Crippen LogP contribution in [0.15, 0.2) is 34.3 Å². The second-order valence-electron chi connectivity index (χ2n) is 3.41. The molecule has 1 aromatic carbocycles. The van der Waals surface area contributed by atoms with E-state index in [-0.39, 0.29) is 11.7 Å². The largest absolute Gasteiger partial charge is 0.476 e. The van der Waals surface area contributed by atoms with E-state index < -0.39 is 5.97 Å². The third-order valence-electron chi connectivity index (χ3n) is 2.01. The summed E-state index contributed by atoms with van der Waals surface area (Å²) in [6.45, 7) is 3.65. The van der Waals surface area contributed by atoms with E-state index in [1.165, 1.54) is 6.92 Å². The Bertz CT molecular complexity index is 470. The average Bonchev–Trinajstić information content (AvgIpc) is 2.40. The molecule has 6 nitrogen and oxygen atoms in total. The molecule has 0 spiro atoms. The van der Waals surface area contributed by atoms with Crippen molar-refractivity contribution in [2.45, 2.75) is 18.7 Å². The summed E-state index contributed by atoms with van der Waals surface area (Å²) in [5, 5.41) is 19.9. The molecule has 20 heavy (non-hydrogen) atoms. The van der Waals surface area contributed by atoms with E-state index in [9.17, 15) is 9.59 Å². The monoisotopic (exact) mass is 299 g/mol. The maximum atomic E-state index is 10.6. The predicted molar refractivity (Wildman–Crippen MR) is 76.5 cm³/mol. The predicted octanol–water partition coefficient (Wildman–Crippen LogP) is 2.24. The molecule has 2 N–H and O–H groups in total. The fraction of sp³-hybridized carbons (Fsp3) is 0.308. The summed E-state index contributed by atoms with van der Waals surface area (Å²) in [5.74, 6) is -1.46. The van der Waals surface area contributed by atoms with Gasteiger partial charge >= 0.3 is 11.9 Å². The van der Waals surface area contributed by atoms with E-state index in [0.717, 1.165) is 4.90 Å². The van der Waals surface area contributed by atoms with E-state index in [1.54, 1.807) is 43.0 Å². The van der Waals surface area contributed by atoms with Gasteiger partial charge in [-0.25, -0.2) is 4.79 Å². The molecule has 0 heterocycles. The van der Waals surface area contributed by atoms with E-state index in [2.05, 4.69) is 9.89 Å². The topological polar surface area (TPSA) is 96.2 Å². The van der Waals surface area contributed by atoms with Gasteiger partial charge < -0.3 is 15.1 Å². The fourth-order valence-corrected chi connectivity index (χ4v) is 1.58. The maximum absolute atomic E-state index is 10.6. The number of nitrogens with zero attached hydrogens (tertiary/aromatic N) is 1. The van der Waals surface area contributed by atoms with Crippen molar-refractivity contribution >= 4 is 29.4 Å². The van der Waals surface area contributed by atoms with Crippen molar-refractivity contribution in [3.8, 4) is 0 Å². The van der Waals surface area contributed by atoms with E-state index in [4.69, 9.17) is 10.3 Å². The second-order valence-corrected chi connectivity index (χ2v) is 4.29. The van der Waals surface area contributed by atoms with Crippen LogP contribution in [-0.2, 0) is 14.3 Å². The van der Waals surface area contributed by atoms with E-state index >= 15 is 0 Å². The highest BCUT2D eigenvalue weighted by Gasteiger charge is 2.12. The molecule has 0 aromatic heterocycles. The molecule has 0 aliphatic rings. The molecule has 0 saturated heterocycles. The van der Waals surface area contributed by atoms with E-state index in [1.807, 2.05) is 6.26 Å². The molecule has 0 aliphatic carbocycles. The van der Waals surface area contributed by atoms with Crippen LogP contribution < -0.4 is 0 Å². The Hall–Kier alpha value is -2.02. The molecule has 7 heteroatoms. The number of carbonyl (C=O) groups is 2. The number of aliphatic carboxylic acids is 1. The number of oxime groups is 1. The lowest BCUT2D eigenvalue weighted by atomic mass is 10.1. The fourth-order valence-electron chi connectivity index (χ4n) is 1.18. The van der Waals surface area contributed by atoms with Gasteiger partial charge in [0, 0.05) is 17.4 Å². The number of carbonyl (C=O) groups excluding carboxylic acids is 1. The minimum Gasteiger partial charge on any atom is -0.476 e. The number of thioether (sulfide) groups is 1. The van der Waals surface area contributed by atoms with Crippen LogP contribution in [0.1, 0.15) is 19.4 Å². The molecule has 0 radical (unpaired) electrons. The minimum absolute atomic E-state index is 0.211. The van der Waals surface area contributed by atoms with Crippen molar-refractivity contribution in [3.05, 3.63) is 29.8 Å². The molecule has 0 atom stereocenters. The van der Waals surface area contributed by atoms with Crippen molar-refractivity contribution in [1.29, 1.82) is 0 Å². The Kier molecular flexibility index (Phi) is 8.86. The van der Waals surface area contributed by atoms with Gasteiger partial charge in [0.15, 0.2) is 5.71 Å². The Morgan fingerprint density at radius 1 is 1.30 bits per heavy atom. The van der Waals surface area contributed by atoms with Crippen LogP contribution in [0, 0.1) is 0 Å². The Morgan fingerprint density at radius 3 is 2.10 bits per heavy atom. The molecule has 110 valence electrons. The lowest BCUT2D eigenvalue weighted by molar-refractivity contribution is -0.140. The van der Waals surface area contributed by atoms with E-state index in [0.29, 0.717) is 12.2 Å². The Labute approximate surface area is 121 Å². The summed E-state index contributed by atoms with van der Waals surface area (Å²) < 4.78 is 4.40. The van der Waals surface area contributed by atoms with Crippen molar-refractivity contribution in [2.24, 2.45) is 5.16 Å². The standard InChI is InChI=1S/C9H9NO3S.C4H8O2/c1-14-7-4-2-6(3-5-7)8(10-13)9(11)12;1-3-6-4(2)5/h2-5,13H,1H3,(H,11,12);3H2,1-2H3. The first kappa shape index (κ1) is 18.0. The molecular weight excluding hydrogens is 282 g/mol. The van der Waals surface area contributed by atoms with Crippen molar-refractivity contribution in [1.82, 2.24) is 0 Å². The first-order valence-corrected chi connectivity index (χ1v) is 6.91. The molecule has 0 fully saturated rings. The first-order chi connectivity index (χ1) is 9.46. The molecule has 0 aliphatic heterocycles. The quantitative estimate of drug-likeness (QED) is 0.291. The Balaban J connectivity index is 0.000000511. The van der Waals surface area contributed by atoms with Crippen LogP contribution >= 0.6 is 11.8 Å². The van der Waals surface area contributed by atoms with Crippen molar-refractivity contribution in [2.75, 3.05) is 12.9 Å². The van der Waals surface area contributed by atoms with Crippen LogP contribution in [0.5, 0.6) is 0 Å². The van der Waals surface area contributed by atoms with Gasteiger partial charge in [0.25, 0.3) is 0 Å². The van der Waals surface area contributed by atoms with Gasteiger partial charge in [0.2, 0.25) is 0 Å². The molecule has 0 saturated carbocycles. The molecular formula is C13H17NO5S. The Morgan fingerprint density at radius 2 is 1.85 bits per heavy atom. The van der Waals surface area contributed by atoms with Crippen LogP contribution in [0.4, 0.5) is 0 Å². The summed E-state index contributed by atoms with van der Waals surface area (Å²) in [5.41, 5.74) is 0.0375. The highest BCUT2D eigenvalue weighted by atomic mass is 32.2. The average molecular weight is 299 g/mol. The summed E-state index contributed by atoms with van der Waals surface area (Å²) >= 11 is 1.56. The van der Waals surface area contributed by atoms with Gasteiger partial charge in [0.05, 0.1) is 6.61 Å². The number of hydrogen-bond donors (Lipinski definition) is 2. The molecule has 0 amide bonds. The number of rotatable bonds is 4. The highest BCUT2D eigenvalue weighted by molar-refractivity contribution is 7.98. The third-order valence-corrected chi connectivity index (χ3v) is 2.76. The van der Waals surface area contributed by atoms with Crippen molar-refractivity contribution in [3.63, 3.8) is 0 Å². The normalized spacial score (nSPS) is 10.2. The molecule has 0 unspecified atom stereocenters. The van der Waals surface area contributed by atoms with Gasteiger partial charge in [-0.3, -0.25) is 4.79 Å². The first-order valence-electron chi connectivity index (χ1n) is 5.69. The second kappa shape index (κ2) is 9.85. The maximum Gasteiger partial charge on any atom is 0.358 e. The number of esters is 1. The molecule has 1 aromatic rings. The number of ether oxygens (including phenoxy) is 1. The van der Waals surface area contributed by atoms with Gasteiger partial charge in [-0.05, 0) is 25.3 Å². The van der Waals surface area contributed by atoms with Gasteiger partial charge in [-0.15, -0.1) is 11.8 Å².